The summed E-state index contributed by atoms with van der Waals surface area (Å²) in [7, 11) is -3.70. The molecule has 7 heteroatoms. The lowest BCUT2D eigenvalue weighted by Gasteiger charge is -2.12. The second-order valence-corrected chi connectivity index (χ2v) is 5.33. The molecule has 0 heterocycles. The molecule has 0 spiro atoms. The van der Waals surface area contributed by atoms with Gasteiger partial charge in [0.2, 0.25) is 0 Å². The summed E-state index contributed by atoms with van der Waals surface area (Å²) in [5.41, 5.74) is 5.96. The monoisotopic (exact) mass is 252 g/mol. The van der Waals surface area contributed by atoms with Crippen LogP contribution in [0.4, 0.5) is 13.2 Å². The molecule has 1 rings (SSSR count). The molecule has 0 aliphatic rings. The van der Waals surface area contributed by atoms with Gasteiger partial charge in [-0.05, 0) is 18.2 Å². The van der Waals surface area contributed by atoms with Crippen LogP contribution in [0, 0.1) is 0 Å². The number of benzene rings is 1. The van der Waals surface area contributed by atoms with Gasteiger partial charge in [0.1, 0.15) is 0 Å². The molecule has 1 aromatic rings. The number of nitrogens with one attached hydrogen (secondary N) is 1. The van der Waals surface area contributed by atoms with Crippen molar-refractivity contribution in [3.63, 3.8) is 0 Å². The van der Waals surface area contributed by atoms with Gasteiger partial charge in [-0.1, -0.05) is 5.56 Å². The summed E-state index contributed by atoms with van der Waals surface area (Å²) in [6, 6.07) is 2.44. The summed E-state index contributed by atoms with van der Waals surface area (Å²) in [5.74, 6) is 0. The SMILES string of the molecule is CS(=O)(=O)c1cc(C[NH-])cc(C(F)(F)F)c1. The van der Waals surface area contributed by atoms with E-state index in [4.69, 9.17) is 5.73 Å². The van der Waals surface area contributed by atoms with Crippen LogP contribution in [-0.2, 0) is 22.6 Å². The zero-order valence-electron chi connectivity index (χ0n) is 8.30. The van der Waals surface area contributed by atoms with E-state index in [-0.39, 0.29) is 5.56 Å². The molecular weight excluding hydrogens is 243 g/mol. The fraction of sp³-hybridized carbons (Fsp3) is 0.333. The van der Waals surface area contributed by atoms with Gasteiger partial charge in [-0.3, -0.25) is 0 Å². The lowest BCUT2D eigenvalue weighted by molar-refractivity contribution is -0.137. The topological polar surface area (TPSA) is 57.9 Å². The van der Waals surface area contributed by atoms with Crippen molar-refractivity contribution in [3.05, 3.63) is 35.1 Å². The molecule has 90 valence electrons. The van der Waals surface area contributed by atoms with Gasteiger partial charge in [0.05, 0.1) is 10.5 Å². The number of rotatable bonds is 2. The average Bonchev–Trinajstić information content (AvgIpc) is 2.14. The smallest absolute Gasteiger partial charge is 0.416 e. The van der Waals surface area contributed by atoms with E-state index < -0.39 is 33.0 Å². The van der Waals surface area contributed by atoms with Crippen LogP contribution in [0.1, 0.15) is 11.1 Å². The van der Waals surface area contributed by atoms with Crippen LogP contribution in [0.2, 0.25) is 0 Å². The predicted octanol–water partition coefficient (Wildman–Crippen LogP) is 2.66. The Labute approximate surface area is 91.0 Å². The highest BCUT2D eigenvalue weighted by Crippen LogP contribution is 2.31. The molecule has 0 saturated heterocycles. The normalized spacial score (nSPS) is 12.8. The fourth-order valence-corrected chi connectivity index (χ4v) is 1.85. The molecule has 0 saturated carbocycles. The summed E-state index contributed by atoms with van der Waals surface area (Å²) in [6.07, 6.45) is -3.78. The van der Waals surface area contributed by atoms with Crippen LogP contribution in [0.5, 0.6) is 0 Å². The third-order valence-electron chi connectivity index (χ3n) is 1.93. The third-order valence-corrected chi connectivity index (χ3v) is 3.02. The van der Waals surface area contributed by atoms with Crippen molar-refractivity contribution in [1.29, 1.82) is 0 Å². The van der Waals surface area contributed by atoms with Gasteiger partial charge in [-0.2, -0.15) is 13.2 Å². The molecule has 0 fully saturated rings. The standard InChI is InChI=1S/C9H9F3NO2S/c1-16(14,15)8-3-6(5-13)2-7(4-8)9(10,11)12/h2-4,13H,5H2,1H3/q-1. The number of alkyl halides is 3. The van der Waals surface area contributed by atoms with Crippen LogP contribution < -0.4 is 0 Å². The van der Waals surface area contributed by atoms with Crippen LogP contribution in [-0.4, -0.2) is 14.7 Å². The zero-order chi connectivity index (χ0) is 12.6. The lowest BCUT2D eigenvalue weighted by atomic mass is 10.1. The van der Waals surface area contributed by atoms with Crippen molar-refractivity contribution in [3.8, 4) is 0 Å². The molecule has 0 aliphatic carbocycles. The minimum Gasteiger partial charge on any atom is -0.674 e. The maximum absolute atomic E-state index is 12.4. The number of sulfone groups is 1. The predicted molar refractivity (Wildman–Crippen MR) is 52.6 cm³/mol. The highest BCUT2D eigenvalue weighted by atomic mass is 32.2. The molecule has 0 radical (unpaired) electrons. The Morgan fingerprint density at radius 1 is 1.25 bits per heavy atom. The summed E-state index contributed by atoms with van der Waals surface area (Å²) < 4.78 is 59.6. The molecule has 1 N–H and O–H groups in total. The summed E-state index contributed by atoms with van der Waals surface area (Å²) >= 11 is 0. The highest BCUT2D eigenvalue weighted by Gasteiger charge is 2.31. The number of hydrogen-bond donors (Lipinski definition) is 0. The Morgan fingerprint density at radius 2 is 1.81 bits per heavy atom. The molecule has 0 aromatic heterocycles. The van der Waals surface area contributed by atoms with Crippen molar-refractivity contribution in [2.45, 2.75) is 17.6 Å². The van der Waals surface area contributed by atoms with Gasteiger partial charge >= 0.3 is 6.18 Å². The minimum absolute atomic E-state index is 0.0234. The first-order chi connectivity index (χ1) is 7.14. The number of hydrogen-bond acceptors (Lipinski definition) is 2. The minimum atomic E-state index is -4.61. The molecule has 0 aliphatic heterocycles. The molecule has 16 heavy (non-hydrogen) atoms. The van der Waals surface area contributed by atoms with Crippen molar-refractivity contribution >= 4 is 9.84 Å². The van der Waals surface area contributed by atoms with Gasteiger partial charge in [-0.15, -0.1) is 6.54 Å². The van der Waals surface area contributed by atoms with Crippen molar-refractivity contribution in [2.75, 3.05) is 6.26 Å². The fourth-order valence-electron chi connectivity index (χ4n) is 1.14. The molecule has 3 nitrogen and oxygen atoms in total. The lowest BCUT2D eigenvalue weighted by Crippen LogP contribution is -2.08. The quantitative estimate of drug-likeness (QED) is 0.812. The van der Waals surface area contributed by atoms with Crippen LogP contribution >= 0.6 is 0 Å². The first kappa shape index (κ1) is 13.0. The van der Waals surface area contributed by atoms with Crippen molar-refractivity contribution in [2.24, 2.45) is 0 Å². The van der Waals surface area contributed by atoms with Crippen LogP contribution in [0.3, 0.4) is 0 Å². The van der Waals surface area contributed by atoms with Crippen LogP contribution in [0.25, 0.3) is 5.73 Å². The summed E-state index contributed by atoms with van der Waals surface area (Å²) in [6.45, 7) is -0.396. The largest absolute Gasteiger partial charge is 0.674 e. The maximum atomic E-state index is 12.4. The average molecular weight is 252 g/mol. The third kappa shape index (κ3) is 2.96. The maximum Gasteiger partial charge on any atom is 0.416 e. The Hall–Kier alpha value is -1.08. The Balaban J connectivity index is 3.45. The second kappa shape index (κ2) is 4.06. The number of halogens is 3. The molecule has 0 atom stereocenters. The van der Waals surface area contributed by atoms with E-state index >= 15 is 0 Å². The molecule has 0 amide bonds. The Kier molecular flexibility index (Phi) is 3.30. The van der Waals surface area contributed by atoms with Gasteiger partial charge < -0.3 is 5.73 Å². The van der Waals surface area contributed by atoms with E-state index in [2.05, 4.69) is 0 Å². The van der Waals surface area contributed by atoms with Gasteiger partial charge in [-0.25, -0.2) is 8.42 Å². The molecule has 0 bridgehead atoms. The first-order valence-corrected chi connectivity index (χ1v) is 6.09. The van der Waals surface area contributed by atoms with E-state index in [1.807, 2.05) is 0 Å². The summed E-state index contributed by atoms with van der Waals surface area (Å²) in [5, 5.41) is 0. The Morgan fingerprint density at radius 3 is 2.19 bits per heavy atom. The first-order valence-electron chi connectivity index (χ1n) is 4.20. The van der Waals surface area contributed by atoms with Gasteiger partial charge in [0.15, 0.2) is 9.84 Å². The summed E-state index contributed by atoms with van der Waals surface area (Å²) in [4.78, 5) is -0.412. The highest BCUT2D eigenvalue weighted by molar-refractivity contribution is 7.90. The van der Waals surface area contributed by atoms with E-state index in [0.717, 1.165) is 18.4 Å². The molecule has 0 unspecified atom stereocenters. The molecule has 1 aromatic carbocycles. The molecular formula is C9H9F3NO2S-. The second-order valence-electron chi connectivity index (χ2n) is 3.31. The van der Waals surface area contributed by atoms with Crippen LogP contribution in [0.15, 0.2) is 23.1 Å². The van der Waals surface area contributed by atoms with Crippen molar-refractivity contribution < 1.29 is 21.6 Å². The van der Waals surface area contributed by atoms with Crippen molar-refractivity contribution in [1.82, 2.24) is 0 Å². The van der Waals surface area contributed by atoms with Gasteiger partial charge in [0.25, 0.3) is 0 Å². The van der Waals surface area contributed by atoms with E-state index in [1.165, 1.54) is 0 Å². The zero-order valence-corrected chi connectivity index (χ0v) is 9.11. The van der Waals surface area contributed by atoms with E-state index in [1.54, 1.807) is 0 Å². The van der Waals surface area contributed by atoms with Gasteiger partial charge in [0, 0.05) is 6.26 Å². The van der Waals surface area contributed by atoms with E-state index in [9.17, 15) is 21.6 Å². The van der Waals surface area contributed by atoms with E-state index in [0.29, 0.717) is 6.07 Å². The Bertz CT molecular complexity index is 494.